The Balaban J connectivity index is 0.719. The number of para-hydroxylation sites is 5. The Morgan fingerprint density at radius 3 is 1.46 bits per heavy atom. The lowest BCUT2D eigenvalue weighted by Gasteiger charge is -2.40. The summed E-state index contributed by atoms with van der Waals surface area (Å²) in [5.41, 5.74) is 28.8. The van der Waals surface area contributed by atoms with E-state index in [-0.39, 0.29) is 17.9 Å². The molecule has 0 amide bonds. The molecule has 5 heterocycles. The standard InChI is InChI=1S/C127H100N4S5/c1-9-12-14-20-41-84(6)114(70-83(5)40-13-10-2)130(92-49-27-18-28-50-92)98-78-112-105-57-35-38-60-118(105)136-127(112)113(79-98)107-72-87(64-68-102(107)109-75-96(76-111-104-56-34-37-59-117(104)135-126(109)111)128(89-43-21-15-22-44-89)90-45-23-16-24-46-90)88-65-69-106-120(73-88)133-122-80-95(71-86(8)123(106)122)131(93-51-29-19-30-52-93)115-81-121(132-119-61-39-42-85(7)124(115)119)99(11-3)100-53-31-32-54-101(100)108-74-97(77-110-103-55-33-36-58-116(103)134-125(108)110)129(91-47-25-17-26-48-91)94-66-62-82(4)63-67-94/h10-80,83-84,115H,2-3,9,81H2,1,4-8H3/b14-12-,40-13-,41-20-,114-70+,121-99-. The minimum atomic E-state index is -0.107. The van der Waals surface area contributed by atoms with Crippen molar-refractivity contribution in [3.05, 3.63) is 482 Å². The number of anilines is 10. The Bertz CT molecular complexity index is 8300. The highest BCUT2D eigenvalue weighted by Crippen LogP contribution is 2.58. The number of nitrogens with zero attached hydrogens (tertiary/aromatic N) is 4. The largest absolute Gasteiger partial charge is 0.333 e. The fourth-order valence-electron chi connectivity index (χ4n) is 20.3. The van der Waals surface area contributed by atoms with Crippen LogP contribution >= 0.6 is 57.1 Å². The summed E-state index contributed by atoms with van der Waals surface area (Å²) in [6, 6.07) is 141. The van der Waals surface area contributed by atoms with Crippen molar-refractivity contribution >= 4 is 200 Å². The van der Waals surface area contributed by atoms with E-state index in [1.165, 1.54) is 141 Å². The second kappa shape index (κ2) is 37.7. The van der Waals surface area contributed by atoms with Crippen molar-refractivity contribution in [2.45, 2.75) is 65.3 Å². The lowest BCUT2D eigenvalue weighted by Crippen LogP contribution is -2.27. The summed E-state index contributed by atoms with van der Waals surface area (Å²) in [5.74, 6) is 0.0742. The monoisotopic (exact) mass is 1840 g/mol. The third-order valence-electron chi connectivity index (χ3n) is 26.7. The van der Waals surface area contributed by atoms with E-state index in [0.717, 1.165) is 103 Å². The predicted octanol–water partition coefficient (Wildman–Crippen LogP) is 39.2. The number of thioether (sulfide) groups is 1. The average molecular weight is 1840 g/mol. The molecular weight excluding hydrogens is 1740 g/mol. The first-order chi connectivity index (χ1) is 66.9. The van der Waals surface area contributed by atoms with Crippen LogP contribution in [-0.2, 0) is 0 Å². The topological polar surface area (TPSA) is 13.0 Å². The van der Waals surface area contributed by atoms with Gasteiger partial charge in [0.1, 0.15) is 0 Å². The first-order valence-corrected chi connectivity index (χ1v) is 51.0. The molecule has 9 heteroatoms. The molecule has 0 radical (unpaired) electrons. The maximum absolute atomic E-state index is 4.78. The smallest absolute Gasteiger partial charge is 0.0650 e. The van der Waals surface area contributed by atoms with Crippen molar-refractivity contribution in [3.63, 3.8) is 0 Å². The van der Waals surface area contributed by atoms with Crippen LogP contribution in [0.4, 0.5) is 56.9 Å². The van der Waals surface area contributed by atoms with Gasteiger partial charge in [0, 0.05) is 182 Å². The first-order valence-electron chi connectivity index (χ1n) is 47.0. The molecule has 658 valence electrons. The van der Waals surface area contributed by atoms with Crippen LogP contribution in [-0.4, -0.2) is 0 Å². The van der Waals surface area contributed by atoms with Crippen LogP contribution in [0.3, 0.4) is 0 Å². The van der Waals surface area contributed by atoms with Crippen LogP contribution in [0.1, 0.15) is 67.5 Å². The number of thiophene rings is 4. The van der Waals surface area contributed by atoms with E-state index < -0.39 is 0 Å². The van der Waals surface area contributed by atoms with E-state index in [4.69, 9.17) is 6.58 Å². The van der Waals surface area contributed by atoms with E-state index >= 15 is 0 Å². The van der Waals surface area contributed by atoms with E-state index in [9.17, 15) is 0 Å². The van der Waals surface area contributed by atoms with E-state index in [0.29, 0.717) is 0 Å². The fourth-order valence-corrected chi connectivity index (χ4v) is 26.6. The molecule has 0 spiro atoms. The van der Waals surface area contributed by atoms with Gasteiger partial charge in [-0.25, -0.2) is 0 Å². The lowest BCUT2D eigenvalue weighted by atomic mass is 9.88. The number of benzene rings is 17. The van der Waals surface area contributed by atoms with Crippen LogP contribution in [0.2, 0.25) is 0 Å². The van der Waals surface area contributed by atoms with Gasteiger partial charge >= 0.3 is 0 Å². The summed E-state index contributed by atoms with van der Waals surface area (Å²) in [4.78, 5) is 12.6. The van der Waals surface area contributed by atoms with Gasteiger partial charge in [-0.1, -0.05) is 324 Å². The average Bonchev–Trinajstić information content (AvgIpc) is 1.42. The summed E-state index contributed by atoms with van der Waals surface area (Å²) in [5, 5.41) is 9.93. The normalized spacial score (nSPS) is 13.9. The zero-order chi connectivity index (χ0) is 92.0. The number of rotatable bonds is 25. The number of aryl methyl sites for hydroxylation is 3. The summed E-state index contributed by atoms with van der Waals surface area (Å²) >= 11 is 9.47. The highest BCUT2D eigenvalue weighted by molar-refractivity contribution is 8.03. The lowest BCUT2D eigenvalue weighted by molar-refractivity contribution is 0.678. The molecule has 21 aromatic rings. The zero-order valence-corrected chi connectivity index (χ0v) is 81.0. The van der Waals surface area contributed by atoms with Gasteiger partial charge in [-0.05, 0) is 246 Å². The predicted molar refractivity (Wildman–Crippen MR) is 598 cm³/mol. The van der Waals surface area contributed by atoms with Gasteiger partial charge in [0.2, 0.25) is 0 Å². The van der Waals surface area contributed by atoms with Crippen LogP contribution < -0.4 is 19.6 Å². The number of fused-ring (bicyclic) bond motifs is 13. The van der Waals surface area contributed by atoms with Crippen molar-refractivity contribution < 1.29 is 0 Å². The van der Waals surface area contributed by atoms with Gasteiger partial charge in [-0.2, -0.15) is 0 Å². The van der Waals surface area contributed by atoms with Gasteiger partial charge in [-0.3, -0.25) is 0 Å². The highest BCUT2D eigenvalue weighted by Gasteiger charge is 2.36. The third-order valence-corrected chi connectivity index (χ3v) is 32.6. The van der Waals surface area contributed by atoms with Gasteiger partial charge in [0.05, 0.1) is 6.04 Å². The molecular formula is C127H100N4S5. The molecule has 0 fully saturated rings. The van der Waals surface area contributed by atoms with Crippen molar-refractivity contribution in [2.24, 2.45) is 11.8 Å². The Morgan fingerprint density at radius 1 is 0.368 bits per heavy atom. The van der Waals surface area contributed by atoms with Crippen LogP contribution in [0.15, 0.2) is 459 Å². The Hall–Kier alpha value is -14.7. The van der Waals surface area contributed by atoms with Crippen molar-refractivity contribution in [1.82, 2.24) is 0 Å². The Labute approximate surface area is 817 Å². The third kappa shape index (κ3) is 16.4. The quantitative estimate of drug-likeness (QED) is 0.0527. The molecule has 17 aromatic carbocycles. The number of hydrogen-bond acceptors (Lipinski definition) is 9. The molecule has 0 saturated heterocycles. The highest BCUT2D eigenvalue weighted by atomic mass is 32.2. The van der Waals surface area contributed by atoms with Crippen molar-refractivity contribution in [2.75, 3.05) is 19.6 Å². The van der Waals surface area contributed by atoms with Crippen LogP contribution in [0.5, 0.6) is 0 Å². The SMILES string of the molecule is C=C/C=C\C(C)/C=C(\C(C)/C=C\C=C/CC)N(c1ccccc1)c1cc(-c2cc(-c3ccc4c(c3)sc3cc(N(c5ccccc5)C5C/C(=C(\C=C)c6ccccc6-c6cc(N(c7ccccc7)c7ccc(C)cc7)cc7c6sc6ccccc67)Sc6cccc(C)c65)cc(C)c34)ccc2-c2cc(N(c3ccccc3)c3ccccc3)cc3c2sc2ccccc23)c2sc3ccccc3c2c1. The Kier molecular flexibility index (Phi) is 24.0. The molecule has 1 aliphatic heterocycles. The fraction of sp³-hybridized carbons (Fsp3) is 0.0866. The molecule has 0 N–H and O–H groups in total. The molecule has 4 aromatic heterocycles. The minimum absolute atomic E-state index is 0.00292. The molecule has 136 heavy (non-hydrogen) atoms. The maximum Gasteiger partial charge on any atom is 0.0650 e. The molecule has 0 aliphatic carbocycles. The van der Waals surface area contributed by atoms with E-state index in [1.807, 2.05) is 63.2 Å². The number of hydrogen-bond donors (Lipinski definition) is 0. The minimum Gasteiger partial charge on any atom is -0.333 e. The second-order valence-electron chi connectivity index (χ2n) is 35.5. The molecule has 1 aliphatic rings. The van der Waals surface area contributed by atoms with E-state index in [2.05, 4.69) is 492 Å². The van der Waals surface area contributed by atoms with Gasteiger partial charge < -0.3 is 19.6 Å². The van der Waals surface area contributed by atoms with Gasteiger partial charge in [0.25, 0.3) is 0 Å². The number of allylic oxidation sites excluding steroid dienone is 10. The first kappa shape index (κ1) is 86.7. The van der Waals surface area contributed by atoms with Gasteiger partial charge in [-0.15, -0.1) is 45.3 Å². The van der Waals surface area contributed by atoms with Crippen LogP contribution in [0, 0.1) is 32.6 Å². The molecule has 22 rings (SSSR count). The summed E-state index contributed by atoms with van der Waals surface area (Å²) < 4.78 is 9.97. The molecule has 0 bridgehead atoms. The summed E-state index contributed by atoms with van der Waals surface area (Å²) in [6.45, 7) is 22.5. The molecule has 3 atom stereocenters. The van der Waals surface area contributed by atoms with Crippen LogP contribution in [0.25, 0.3) is 131 Å². The zero-order valence-electron chi connectivity index (χ0n) is 76.9. The second-order valence-corrected chi connectivity index (χ2v) is 40.9. The summed E-state index contributed by atoms with van der Waals surface area (Å²) in [6.07, 6.45) is 21.5. The summed E-state index contributed by atoms with van der Waals surface area (Å²) in [7, 11) is 0. The van der Waals surface area contributed by atoms with Crippen molar-refractivity contribution in [1.29, 1.82) is 0 Å². The Morgan fingerprint density at radius 2 is 0.875 bits per heavy atom. The van der Waals surface area contributed by atoms with Gasteiger partial charge in [0.15, 0.2) is 0 Å². The molecule has 3 unspecified atom stereocenters. The van der Waals surface area contributed by atoms with Crippen molar-refractivity contribution in [3.8, 4) is 44.5 Å². The molecule has 0 saturated carbocycles. The van der Waals surface area contributed by atoms with E-state index in [1.54, 1.807) is 0 Å². The maximum atomic E-state index is 4.78. The molecule has 4 nitrogen and oxygen atoms in total.